The molecule has 3 heterocycles. The third kappa shape index (κ3) is 8.36. The molecule has 11 nitrogen and oxygen atoms in total. The standard InChI is InChI=1S/C41H38Cl2N4O7/c1-25-34(21-46-24-44-37(42)38(46)43)53-40(54-36(25)30-12-10-26(22-48)11-13-30)31-16-14-29(15-17-31)32-9-5-8-28(18-32)20-47-35(49)19-33(39(47)50)45-41(51)52-23-27-6-3-2-4-7-27/h2-18,24-25,33-34,36,40,48H,19-23H2,1H3,(H,45,51). The van der Waals surface area contributed by atoms with Crippen molar-refractivity contribution < 1.29 is 33.7 Å². The lowest BCUT2D eigenvalue weighted by atomic mass is 9.90. The average Bonchev–Trinajstić information content (AvgIpc) is 3.65. The van der Waals surface area contributed by atoms with Crippen molar-refractivity contribution in [1.82, 2.24) is 19.8 Å². The topological polar surface area (TPSA) is 132 Å². The molecule has 1 aromatic heterocycles. The van der Waals surface area contributed by atoms with Gasteiger partial charge in [0.2, 0.25) is 5.91 Å². The van der Waals surface area contributed by atoms with E-state index in [1.807, 2.05) is 103 Å². The molecule has 5 unspecified atom stereocenters. The number of carbonyl (C=O) groups excluding carboxylic acids is 3. The fourth-order valence-corrected chi connectivity index (χ4v) is 7.04. The van der Waals surface area contributed by atoms with Gasteiger partial charge in [-0.05, 0) is 39.4 Å². The number of alkyl carbamates (subject to hydrolysis) is 1. The van der Waals surface area contributed by atoms with Gasteiger partial charge in [0.05, 0.1) is 44.7 Å². The SMILES string of the molecule is CC1C(Cn2cnc(Cl)c2Cl)OC(c2ccc(-c3cccc(CN4C(=O)CC(NC(=O)OCc5ccccc5)C4=O)c3)cc2)OC1c1ccc(CO)cc1. The summed E-state index contributed by atoms with van der Waals surface area (Å²) in [5.41, 5.74) is 5.95. The van der Waals surface area contributed by atoms with Gasteiger partial charge in [0.1, 0.15) is 17.8 Å². The van der Waals surface area contributed by atoms with Crippen LogP contribution in [-0.2, 0) is 50.1 Å². The zero-order chi connectivity index (χ0) is 37.8. The van der Waals surface area contributed by atoms with Gasteiger partial charge in [-0.3, -0.25) is 14.5 Å². The third-order valence-corrected chi connectivity index (χ3v) is 10.5. The molecule has 5 aromatic rings. The Morgan fingerprint density at radius 1 is 0.889 bits per heavy atom. The van der Waals surface area contributed by atoms with Gasteiger partial charge in [0, 0.05) is 11.5 Å². The third-order valence-electron chi connectivity index (χ3n) is 9.77. The molecule has 0 spiro atoms. The summed E-state index contributed by atoms with van der Waals surface area (Å²) in [5.74, 6) is -0.925. The molecule has 0 aliphatic carbocycles. The van der Waals surface area contributed by atoms with Crippen LogP contribution in [0.3, 0.4) is 0 Å². The quantitative estimate of drug-likeness (QED) is 0.133. The Morgan fingerprint density at radius 2 is 1.61 bits per heavy atom. The second-order valence-electron chi connectivity index (χ2n) is 13.4. The minimum atomic E-state index is -0.988. The number of ether oxygens (including phenoxy) is 3. The lowest BCUT2D eigenvalue weighted by Crippen LogP contribution is -2.41. The fraction of sp³-hybridized carbons (Fsp3) is 0.268. The van der Waals surface area contributed by atoms with Crippen LogP contribution < -0.4 is 5.32 Å². The number of imide groups is 1. The second-order valence-corrected chi connectivity index (χ2v) is 14.1. The first-order valence-corrected chi connectivity index (χ1v) is 18.3. The summed E-state index contributed by atoms with van der Waals surface area (Å²) < 4.78 is 20.2. The Kier molecular flexibility index (Phi) is 11.4. The number of rotatable bonds is 11. The number of aliphatic hydroxyl groups excluding tert-OH is 1. The number of aliphatic hydroxyl groups is 1. The van der Waals surface area contributed by atoms with Crippen molar-refractivity contribution in [3.8, 4) is 11.1 Å². The highest BCUT2D eigenvalue weighted by Crippen LogP contribution is 2.43. The Balaban J connectivity index is 1.03. The molecule has 5 atom stereocenters. The van der Waals surface area contributed by atoms with Gasteiger partial charge in [-0.15, -0.1) is 0 Å². The molecule has 3 amide bonds. The Bertz CT molecular complexity index is 2110. The molecular weight excluding hydrogens is 731 g/mol. The number of hydrogen-bond acceptors (Lipinski definition) is 8. The highest BCUT2D eigenvalue weighted by atomic mass is 35.5. The van der Waals surface area contributed by atoms with Crippen molar-refractivity contribution in [2.24, 2.45) is 5.92 Å². The Hall–Kier alpha value is -5.04. The van der Waals surface area contributed by atoms with Gasteiger partial charge < -0.3 is 29.2 Å². The summed E-state index contributed by atoms with van der Waals surface area (Å²) in [4.78, 5) is 43.7. The van der Waals surface area contributed by atoms with Gasteiger partial charge in [-0.25, -0.2) is 9.78 Å². The number of benzene rings is 4. The first kappa shape index (κ1) is 37.3. The van der Waals surface area contributed by atoms with Crippen LogP contribution in [0, 0.1) is 5.92 Å². The van der Waals surface area contributed by atoms with E-state index in [4.69, 9.17) is 37.4 Å². The largest absolute Gasteiger partial charge is 0.445 e. The summed E-state index contributed by atoms with van der Waals surface area (Å²) in [6.45, 7) is 2.54. The van der Waals surface area contributed by atoms with Gasteiger partial charge in [-0.1, -0.05) is 127 Å². The van der Waals surface area contributed by atoms with E-state index in [-0.39, 0.29) is 55.4 Å². The van der Waals surface area contributed by atoms with Crippen molar-refractivity contribution in [2.45, 2.75) is 64.2 Å². The fourth-order valence-electron chi connectivity index (χ4n) is 6.73. The molecule has 13 heteroatoms. The molecule has 278 valence electrons. The Labute approximate surface area is 322 Å². The number of carbonyl (C=O) groups is 3. The number of hydrogen-bond donors (Lipinski definition) is 2. The highest BCUT2D eigenvalue weighted by molar-refractivity contribution is 6.40. The number of halogens is 2. The van der Waals surface area contributed by atoms with Crippen LogP contribution in [0.1, 0.15) is 53.6 Å². The molecule has 0 bridgehead atoms. The average molecular weight is 770 g/mol. The number of nitrogens with zero attached hydrogens (tertiary/aromatic N) is 3. The van der Waals surface area contributed by atoms with E-state index in [2.05, 4.69) is 17.2 Å². The first-order valence-electron chi connectivity index (χ1n) is 17.5. The van der Waals surface area contributed by atoms with Gasteiger partial charge in [-0.2, -0.15) is 0 Å². The van der Waals surface area contributed by atoms with Crippen LogP contribution in [0.5, 0.6) is 0 Å². The minimum absolute atomic E-state index is 0.0504. The molecule has 0 saturated carbocycles. The van der Waals surface area contributed by atoms with Crippen molar-refractivity contribution >= 4 is 41.1 Å². The molecule has 54 heavy (non-hydrogen) atoms. The number of imidazole rings is 1. The van der Waals surface area contributed by atoms with Crippen molar-refractivity contribution in [3.63, 3.8) is 0 Å². The van der Waals surface area contributed by atoms with Crippen LogP contribution in [0.15, 0.2) is 109 Å². The number of nitrogens with one attached hydrogen (secondary N) is 1. The second kappa shape index (κ2) is 16.5. The van der Waals surface area contributed by atoms with Gasteiger partial charge in [0.15, 0.2) is 11.4 Å². The normalized spacial score (nSPS) is 21.3. The van der Waals surface area contributed by atoms with E-state index >= 15 is 0 Å². The van der Waals surface area contributed by atoms with E-state index < -0.39 is 24.3 Å². The molecule has 2 N–H and O–H groups in total. The molecule has 7 rings (SSSR count). The summed E-state index contributed by atoms with van der Waals surface area (Å²) in [7, 11) is 0. The highest BCUT2D eigenvalue weighted by Gasteiger charge is 2.40. The lowest BCUT2D eigenvalue weighted by molar-refractivity contribution is -0.276. The van der Waals surface area contributed by atoms with Crippen molar-refractivity contribution in [2.75, 3.05) is 0 Å². The van der Waals surface area contributed by atoms with Crippen LogP contribution in [0.2, 0.25) is 10.3 Å². The van der Waals surface area contributed by atoms with Crippen LogP contribution in [-0.4, -0.2) is 49.6 Å². The summed E-state index contributed by atoms with van der Waals surface area (Å²) in [6, 6.07) is 31.4. The van der Waals surface area contributed by atoms with Crippen LogP contribution in [0.25, 0.3) is 11.1 Å². The molecule has 2 aliphatic heterocycles. The molecular formula is C41H38Cl2N4O7. The van der Waals surface area contributed by atoms with Crippen LogP contribution >= 0.6 is 23.2 Å². The number of likely N-dealkylation sites (tertiary alicyclic amines) is 1. The van der Waals surface area contributed by atoms with Gasteiger partial charge in [0.25, 0.3) is 5.91 Å². The summed E-state index contributed by atoms with van der Waals surface area (Å²) >= 11 is 12.6. The zero-order valence-corrected chi connectivity index (χ0v) is 30.8. The molecule has 2 aliphatic rings. The van der Waals surface area contributed by atoms with E-state index in [9.17, 15) is 19.5 Å². The maximum atomic E-state index is 13.2. The van der Waals surface area contributed by atoms with Crippen molar-refractivity contribution in [1.29, 1.82) is 0 Å². The molecule has 2 fully saturated rings. The number of aromatic nitrogens is 2. The van der Waals surface area contributed by atoms with E-state index in [1.165, 1.54) is 0 Å². The Morgan fingerprint density at radius 3 is 2.31 bits per heavy atom. The predicted molar refractivity (Wildman–Crippen MR) is 201 cm³/mol. The van der Waals surface area contributed by atoms with E-state index in [0.29, 0.717) is 11.7 Å². The maximum absolute atomic E-state index is 13.2. The summed E-state index contributed by atoms with van der Waals surface area (Å²) in [6.07, 6.45) is -0.628. The van der Waals surface area contributed by atoms with Crippen LogP contribution in [0.4, 0.5) is 4.79 Å². The first-order chi connectivity index (χ1) is 26.2. The zero-order valence-electron chi connectivity index (χ0n) is 29.3. The molecule has 2 saturated heterocycles. The monoisotopic (exact) mass is 768 g/mol. The molecule has 4 aromatic carbocycles. The predicted octanol–water partition coefficient (Wildman–Crippen LogP) is 7.39. The van der Waals surface area contributed by atoms with Gasteiger partial charge >= 0.3 is 6.09 Å². The smallest absolute Gasteiger partial charge is 0.408 e. The minimum Gasteiger partial charge on any atom is -0.445 e. The lowest BCUT2D eigenvalue weighted by Gasteiger charge is -2.41. The maximum Gasteiger partial charge on any atom is 0.408 e. The van der Waals surface area contributed by atoms with E-state index in [1.54, 1.807) is 10.9 Å². The van der Waals surface area contributed by atoms with Crippen molar-refractivity contribution in [3.05, 3.63) is 148 Å². The molecule has 0 radical (unpaired) electrons. The van der Waals surface area contributed by atoms with E-state index in [0.717, 1.165) is 43.8 Å². The number of amides is 3. The summed E-state index contributed by atoms with van der Waals surface area (Å²) in [5, 5.41) is 12.7.